The topological polar surface area (TPSA) is 114 Å². The van der Waals surface area contributed by atoms with Crippen molar-refractivity contribution in [2.24, 2.45) is 0 Å². The summed E-state index contributed by atoms with van der Waals surface area (Å²) in [6, 6.07) is 12.6. The zero-order valence-electron chi connectivity index (χ0n) is 18.2. The number of benzene rings is 1. The summed E-state index contributed by atoms with van der Waals surface area (Å²) in [4.78, 5) is 25.3. The zero-order chi connectivity index (χ0) is 23.8. The summed E-state index contributed by atoms with van der Waals surface area (Å²) in [6.07, 6.45) is 2.94. The summed E-state index contributed by atoms with van der Waals surface area (Å²) >= 11 is 1.16. The first-order chi connectivity index (χ1) is 16.0. The number of anilines is 1. The van der Waals surface area contributed by atoms with E-state index >= 15 is 0 Å². The van der Waals surface area contributed by atoms with Crippen LogP contribution in [0.2, 0.25) is 0 Å². The highest BCUT2D eigenvalue weighted by Crippen LogP contribution is 2.41. The van der Waals surface area contributed by atoms with Gasteiger partial charge >= 0.3 is 5.97 Å². The molecule has 0 unspecified atom stereocenters. The van der Waals surface area contributed by atoms with Crippen LogP contribution in [0.3, 0.4) is 0 Å². The Balaban J connectivity index is 1.82. The fourth-order valence-corrected chi connectivity index (χ4v) is 4.18. The van der Waals surface area contributed by atoms with E-state index in [0.717, 1.165) is 11.8 Å². The molecule has 8 nitrogen and oxygen atoms in total. The van der Waals surface area contributed by atoms with E-state index in [-0.39, 0.29) is 29.4 Å². The van der Waals surface area contributed by atoms with E-state index in [2.05, 4.69) is 23.3 Å². The molecule has 33 heavy (non-hydrogen) atoms. The normalized spacial score (nSPS) is 15.4. The minimum absolute atomic E-state index is 0.0398. The van der Waals surface area contributed by atoms with Gasteiger partial charge in [0.05, 0.1) is 47.3 Å². The van der Waals surface area contributed by atoms with Gasteiger partial charge in [0.25, 0.3) is 0 Å². The molecule has 2 N–H and O–H groups in total. The number of nitrogens with one attached hydrogen (secondary N) is 2. The van der Waals surface area contributed by atoms with Gasteiger partial charge in [-0.25, -0.2) is 4.79 Å². The van der Waals surface area contributed by atoms with E-state index in [0.29, 0.717) is 27.9 Å². The summed E-state index contributed by atoms with van der Waals surface area (Å²) in [7, 11) is 1.55. The fourth-order valence-electron chi connectivity index (χ4n) is 3.29. The van der Waals surface area contributed by atoms with Crippen molar-refractivity contribution in [3.05, 3.63) is 82.9 Å². The van der Waals surface area contributed by atoms with Gasteiger partial charge in [0.1, 0.15) is 18.1 Å². The molecule has 2 heterocycles. The van der Waals surface area contributed by atoms with Crippen LogP contribution >= 0.6 is 11.8 Å². The van der Waals surface area contributed by atoms with Crippen LogP contribution in [0.4, 0.5) is 5.69 Å². The van der Waals surface area contributed by atoms with Crippen LogP contribution in [0.15, 0.2) is 81.6 Å². The molecule has 0 radical (unpaired) electrons. The summed E-state index contributed by atoms with van der Waals surface area (Å²) in [5.74, 6) is -0.494. The molecule has 1 aromatic heterocycles. The lowest BCUT2D eigenvalue weighted by atomic mass is 9.86. The van der Waals surface area contributed by atoms with Crippen LogP contribution in [0.25, 0.3) is 0 Å². The molecule has 170 valence electrons. The first kappa shape index (κ1) is 23.8. The molecule has 0 spiro atoms. The van der Waals surface area contributed by atoms with Crippen LogP contribution < -0.4 is 15.4 Å². The zero-order valence-corrected chi connectivity index (χ0v) is 19.0. The van der Waals surface area contributed by atoms with Gasteiger partial charge in [-0.3, -0.25) is 4.79 Å². The van der Waals surface area contributed by atoms with E-state index in [1.165, 1.54) is 12.3 Å². The van der Waals surface area contributed by atoms with E-state index in [1.807, 2.05) is 0 Å². The Morgan fingerprint density at radius 2 is 2.18 bits per heavy atom. The number of methoxy groups -OCH3 is 1. The highest BCUT2D eigenvalue weighted by atomic mass is 32.2. The van der Waals surface area contributed by atoms with Gasteiger partial charge in [0.15, 0.2) is 0 Å². The summed E-state index contributed by atoms with van der Waals surface area (Å²) in [5.41, 5.74) is 1.65. The van der Waals surface area contributed by atoms with Crippen molar-refractivity contribution < 1.29 is 23.5 Å². The standard InChI is InChI=1S/C24H23N3O5S/c1-4-10-32-24(29)21-15(2)26-23(18(13-25)22(21)19-9-6-11-31-19)33-14-20(28)27-16-7-5-8-17(12-16)30-3/h4-9,11-12,22,26H,1,10,14H2,2-3H3,(H,27,28)/t22-/m1/s1. The van der Waals surface area contributed by atoms with Crippen molar-refractivity contribution in [3.63, 3.8) is 0 Å². The third-order valence-corrected chi connectivity index (χ3v) is 5.75. The number of rotatable bonds is 9. The molecular formula is C24H23N3O5S. The molecule has 1 aliphatic heterocycles. The number of allylic oxidation sites excluding steroid dienone is 2. The molecule has 9 heteroatoms. The molecule has 0 bridgehead atoms. The van der Waals surface area contributed by atoms with Crippen molar-refractivity contribution in [2.45, 2.75) is 12.8 Å². The van der Waals surface area contributed by atoms with E-state index in [4.69, 9.17) is 13.9 Å². The predicted molar refractivity (Wildman–Crippen MR) is 125 cm³/mol. The number of thioether (sulfide) groups is 1. The average molecular weight is 466 g/mol. The number of furan rings is 1. The van der Waals surface area contributed by atoms with Crippen LogP contribution in [0.1, 0.15) is 18.6 Å². The maximum Gasteiger partial charge on any atom is 0.337 e. The SMILES string of the molecule is C=CCOC(=O)C1=C(C)NC(SCC(=O)Nc2cccc(OC)c2)=C(C#N)[C@@H]1c1ccco1. The monoisotopic (exact) mass is 465 g/mol. The Labute approximate surface area is 195 Å². The van der Waals surface area contributed by atoms with E-state index < -0.39 is 11.9 Å². The third kappa shape index (κ3) is 5.67. The predicted octanol–water partition coefficient (Wildman–Crippen LogP) is 4.09. The number of amides is 1. The molecule has 1 amide bonds. The number of nitrogens with zero attached hydrogens (tertiary/aromatic N) is 1. The highest BCUT2D eigenvalue weighted by molar-refractivity contribution is 8.03. The Morgan fingerprint density at radius 1 is 1.36 bits per heavy atom. The van der Waals surface area contributed by atoms with Gasteiger partial charge in [-0.15, -0.1) is 0 Å². The molecule has 0 fully saturated rings. The molecule has 0 saturated carbocycles. The number of nitriles is 1. The summed E-state index contributed by atoms with van der Waals surface area (Å²) in [5, 5.41) is 16.3. The summed E-state index contributed by atoms with van der Waals surface area (Å²) < 4.78 is 15.9. The molecular weight excluding hydrogens is 442 g/mol. The molecule has 2 aromatic rings. The van der Waals surface area contributed by atoms with Gasteiger partial charge in [0, 0.05) is 17.5 Å². The van der Waals surface area contributed by atoms with Crippen molar-refractivity contribution >= 4 is 29.3 Å². The minimum atomic E-state index is -0.757. The van der Waals surface area contributed by atoms with Crippen molar-refractivity contribution in [1.29, 1.82) is 5.26 Å². The lowest BCUT2D eigenvalue weighted by Gasteiger charge is -2.27. The molecule has 1 atom stereocenters. The molecule has 0 saturated heterocycles. The van der Waals surface area contributed by atoms with Gasteiger partial charge in [-0.1, -0.05) is 30.5 Å². The van der Waals surface area contributed by atoms with Crippen LogP contribution in [-0.4, -0.2) is 31.3 Å². The second-order valence-electron chi connectivity index (χ2n) is 6.92. The smallest absolute Gasteiger partial charge is 0.337 e. The lowest BCUT2D eigenvalue weighted by molar-refractivity contribution is -0.138. The molecule has 3 rings (SSSR count). The number of ether oxygens (including phenoxy) is 2. The Hall–Kier alpha value is -3.90. The van der Waals surface area contributed by atoms with Crippen LogP contribution in [0.5, 0.6) is 5.75 Å². The van der Waals surface area contributed by atoms with Gasteiger partial charge < -0.3 is 24.5 Å². The number of hydrogen-bond donors (Lipinski definition) is 2. The quantitative estimate of drug-likeness (QED) is 0.421. The number of carbonyl (C=O) groups excluding carboxylic acids is 2. The first-order valence-electron chi connectivity index (χ1n) is 9.98. The van der Waals surface area contributed by atoms with Crippen molar-refractivity contribution in [3.8, 4) is 11.8 Å². The van der Waals surface area contributed by atoms with Gasteiger partial charge in [0.2, 0.25) is 5.91 Å². The largest absolute Gasteiger partial charge is 0.497 e. The Kier molecular flexibility index (Phi) is 8.00. The van der Waals surface area contributed by atoms with Gasteiger partial charge in [-0.2, -0.15) is 5.26 Å². The number of carbonyl (C=O) groups is 2. The second kappa shape index (κ2) is 11.1. The third-order valence-electron chi connectivity index (χ3n) is 4.73. The lowest BCUT2D eigenvalue weighted by Crippen LogP contribution is -2.29. The maximum absolute atomic E-state index is 12.7. The van der Waals surface area contributed by atoms with Gasteiger partial charge in [-0.05, 0) is 31.2 Å². The van der Waals surface area contributed by atoms with E-state index in [1.54, 1.807) is 50.4 Å². The Bertz CT molecular complexity index is 1150. The Morgan fingerprint density at radius 3 is 2.85 bits per heavy atom. The van der Waals surface area contributed by atoms with E-state index in [9.17, 15) is 14.9 Å². The van der Waals surface area contributed by atoms with Crippen molar-refractivity contribution in [2.75, 3.05) is 24.8 Å². The molecule has 0 aliphatic carbocycles. The van der Waals surface area contributed by atoms with Crippen molar-refractivity contribution in [1.82, 2.24) is 5.32 Å². The number of dihydropyridines is 1. The maximum atomic E-state index is 12.7. The molecule has 1 aromatic carbocycles. The second-order valence-corrected chi connectivity index (χ2v) is 7.91. The number of esters is 1. The molecule has 1 aliphatic rings. The van der Waals surface area contributed by atoms with Crippen LogP contribution in [0, 0.1) is 11.3 Å². The average Bonchev–Trinajstić information content (AvgIpc) is 3.35. The first-order valence-corrected chi connectivity index (χ1v) is 11.0. The highest BCUT2D eigenvalue weighted by Gasteiger charge is 2.37. The number of hydrogen-bond acceptors (Lipinski definition) is 8. The van der Waals surface area contributed by atoms with Crippen LogP contribution in [-0.2, 0) is 14.3 Å². The fraction of sp³-hybridized carbons (Fsp3) is 0.208. The summed E-state index contributed by atoms with van der Waals surface area (Å²) in [6.45, 7) is 5.31. The minimum Gasteiger partial charge on any atom is -0.497 e.